The molecule has 0 spiro atoms. The first kappa shape index (κ1) is 18.3. The van der Waals surface area contributed by atoms with Crippen molar-refractivity contribution in [2.24, 2.45) is 0 Å². The van der Waals surface area contributed by atoms with Crippen LogP contribution in [0, 0.1) is 0 Å². The van der Waals surface area contributed by atoms with Crippen molar-refractivity contribution < 1.29 is 9.21 Å². The second kappa shape index (κ2) is 8.29. The second-order valence-electron chi connectivity index (χ2n) is 5.99. The SMILES string of the molecule is CN(CCCn1c(=O)oc2ccccc21)CC(=O)Nc1ccc(Br)cn1. The summed E-state index contributed by atoms with van der Waals surface area (Å²) in [6.07, 6.45) is 2.36. The number of fused-ring (bicyclic) bond motifs is 1. The number of rotatable bonds is 7. The number of nitrogens with one attached hydrogen (secondary N) is 1. The van der Waals surface area contributed by atoms with Gasteiger partial charge in [-0.25, -0.2) is 9.78 Å². The molecule has 8 heteroatoms. The number of halogens is 1. The van der Waals surface area contributed by atoms with Gasteiger partial charge in [0, 0.05) is 23.8 Å². The van der Waals surface area contributed by atoms with Crippen molar-refractivity contribution in [2.45, 2.75) is 13.0 Å². The summed E-state index contributed by atoms with van der Waals surface area (Å²) in [5.41, 5.74) is 1.38. The van der Waals surface area contributed by atoms with E-state index in [-0.39, 0.29) is 18.2 Å². The van der Waals surface area contributed by atoms with Gasteiger partial charge in [0.15, 0.2) is 5.58 Å². The Hall–Kier alpha value is -2.45. The summed E-state index contributed by atoms with van der Waals surface area (Å²) in [6, 6.07) is 10.9. The maximum atomic E-state index is 12.1. The minimum atomic E-state index is -0.354. The molecule has 1 amide bonds. The van der Waals surface area contributed by atoms with Gasteiger partial charge in [-0.05, 0) is 53.7 Å². The molecule has 1 N–H and O–H groups in total. The van der Waals surface area contributed by atoms with E-state index in [0.29, 0.717) is 24.5 Å². The topological polar surface area (TPSA) is 80.4 Å². The molecule has 0 fully saturated rings. The van der Waals surface area contributed by atoms with Crippen molar-refractivity contribution in [3.05, 3.63) is 57.6 Å². The molecule has 0 saturated heterocycles. The van der Waals surface area contributed by atoms with Gasteiger partial charge >= 0.3 is 5.76 Å². The zero-order valence-electron chi connectivity index (χ0n) is 14.3. The van der Waals surface area contributed by atoms with Gasteiger partial charge in [-0.1, -0.05) is 12.1 Å². The molecule has 0 aliphatic heterocycles. The molecule has 0 saturated carbocycles. The van der Waals surface area contributed by atoms with Crippen LogP contribution < -0.4 is 11.1 Å². The highest BCUT2D eigenvalue weighted by molar-refractivity contribution is 9.10. The third-order valence-corrected chi connectivity index (χ3v) is 4.37. The number of hydrogen-bond donors (Lipinski definition) is 1. The molecule has 0 aliphatic rings. The first-order chi connectivity index (χ1) is 12.5. The number of amides is 1. The van der Waals surface area contributed by atoms with E-state index in [9.17, 15) is 9.59 Å². The van der Waals surface area contributed by atoms with Crippen LogP contribution in [-0.2, 0) is 11.3 Å². The van der Waals surface area contributed by atoms with Crippen molar-refractivity contribution in [2.75, 3.05) is 25.5 Å². The lowest BCUT2D eigenvalue weighted by Gasteiger charge is -2.16. The normalized spacial score (nSPS) is 11.2. The van der Waals surface area contributed by atoms with Crippen molar-refractivity contribution in [3.63, 3.8) is 0 Å². The molecule has 3 rings (SSSR count). The number of benzene rings is 1. The van der Waals surface area contributed by atoms with Gasteiger partial charge in [0.2, 0.25) is 5.91 Å². The lowest BCUT2D eigenvalue weighted by Crippen LogP contribution is -2.31. The van der Waals surface area contributed by atoms with E-state index in [2.05, 4.69) is 26.2 Å². The summed E-state index contributed by atoms with van der Waals surface area (Å²) < 4.78 is 7.69. The van der Waals surface area contributed by atoms with E-state index in [4.69, 9.17) is 4.42 Å². The summed E-state index contributed by atoms with van der Waals surface area (Å²) in [4.78, 5) is 30.0. The molecule has 0 atom stereocenters. The minimum absolute atomic E-state index is 0.131. The lowest BCUT2D eigenvalue weighted by molar-refractivity contribution is -0.117. The van der Waals surface area contributed by atoms with Gasteiger partial charge in [-0.2, -0.15) is 0 Å². The molecule has 136 valence electrons. The highest BCUT2D eigenvalue weighted by atomic mass is 79.9. The molecule has 2 heterocycles. The molecule has 26 heavy (non-hydrogen) atoms. The number of aryl methyl sites for hydroxylation is 1. The van der Waals surface area contributed by atoms with E-state index < -0.39 is 0 Å². The Morgan fingerprint density at radius 3 is 2.88 bits per heavy atom. The summed E-state index contributed by atoms with van der Waals surface area (Å²) in [5, 5.41) is 2.75. The molecule has 0 radical (unpaired) electrons. The van der Waals surface area contributed by atoms with Gasteiger partial charge in [0.1, 0.15) is 5.82 Å². The van der Waals surface area contributed by atoms with E-state index in [0.717, 1.165) is 16.4 Å². The van der Waals surface area contributed by atoms with Gasteiger partial charge in [-0.3, -0.25) is 14.3 Å². The van der Waals surface area contributed by atoms with E-state index in [1.165, 1.54) is 0 Å². The van der Waals surface area contributed by atoms with Crippen molar-refractivity contribution >= 4 is 38.8 Å². The van der Waals surface area contributed by atoms with Crippen LogP contribution in [0.2, 0.25) is 0 Å². The molecule has 2 aromatic heterocycles. The molecule has 1 aromatic carbocycles. The first-order valence-electron chi connectivity index (χ1n) is 8.21. The monoisotopic (exact) mass is 418 g/mol. The number of carbonyl (C=O) groups excluding carboxylic acids is 1. The molecular formula is C18H19BrN4O3. The number of anilines is 1. The van der Waals surface area contributed by atoms with Crippen LogP contribution >= 0.6 is 15.9 Å². The first-order valence-corrected chi connectivity index (χ1v) is 9.00. The largest absolute Gasteiger partial charge is 0.419 e. The Kier molecular flexibility index (Phi) is 5.85. The quantitative estimate of drug-likeness (QED) is 0.637. The smallest absolute Gasteiger partial charge is 0.408 e. The van der Waals surface area contributed by atoms with E-state index >= 15 is 0 Å². The van der Waals surface area contributed by atoms with Gasteiger partial charge < -0.3 is 9.73 Å². The maximum absolute atomic E-state index is 12.1. The Labute approximate surface area is 158 Å². The van der Waals surface area contributed by atoms with Crippen molar-refractivity contribution in [3.8, 4) is 0 Å². The van der Waals surface area contributed by atoms with Gasteiger partial charge in [0.25, 0.3) is 0 Å². The fraction of sp³-hybridized carbons (Fsp3) is 0.278. The number of aromatic nitrogens is 2. The van der Waals surface area contributed by atoms with Crippen LogP contribution in [0.25, 0.3) is 11.1 Å². The zero-order chi connectivity index (χ0) is 18.5. The van der Waals surface area contributed by atoms with Crippen LogP contribution in [0.3, 0.4) is 0 Å². The predicted octanol–water partition coefficient (Wildman–Crippen LogP) is 2.71. The fourth-order valence-electron chi connectivity index (χ4n) is 2.68. The number of hydrogen-bond acceptors (Lipinski definition) is 5. The summed E-state index contributed by atoms with van der Waals surface area (Å²) in [6.45, 7) is 1.46. The number of carbonyl (C=O) groups is 1. The Morgan fingerprint density at radius 2 is 2.12 bits per heavy atom. The average Bonchev–Trinajstić information content (AvgIpc) is 2.92. The average molecular weight is 419 g/mol. The molecule has 0 bridgehead atoms. The third kappa shape index (κ3) is 4.59. The van der Waals surface area contributed by atoms with Crippen LogP contribution in [0.4, 0.5) is 5.82 Å². The van der Waals surface area contributed by atoms with Crippen LogP contribution in [0.1, 0.15) is 6.42 Å². The number of pyridine rings is 1. The fourth-order valence-corrected chi connectivity index (χ4v) is 2.92. The van der Waals surface area contributed by atoms with Crippen LogP contribution in [0.15, 0.2) is 56.3 Å². The zero-order valence-corrected chi connectivity index (χ0v) is 15.9. The highest BCUT2D eigenvalue weighted by Crippen LogP contribution is 2.12. The molecule has 7 nitrogen and oxygen atoms in total. The van der Waals surface area contributed by atoms with Gasteiger partial charge in [0.05, 0.1) is 12.1 Å². The number of oxazole rings is 1. The van der Waals surface area contributed by atoms with Crippen molar-refractivity contribution in [1.29, 1.82) is 0 Å². The van der Waals surface area contributed by atoms with Crippen LogP contribution in [-0.4, -0.2) is 40.5 Å². The molecule has 3 aromatic rings. The molecular weight excluding hydrogens is 400 g/mol. The van der Waals surface area contributed by atoms with E-state index in [1.54, 1.807) is 22.9 Å². The van der Waals surface area contributed by atoms with Crippen molar-refractivity contribution in [1.82, 2.24) is 14.5 Å². The lowest BCUT2D eigenvalue weighted by atomic mass is 10.3. The highest BCUT2D eigenvalue weighted by Gasteiger charge is 2.10. The predicted molar refractivity (Wildman–Crippen MR) is 103 cm³/mol. The van der Waals surface area contributed by atoms with E-state index in [1.807, 2.05) is 36.2 Å². The molecule has 0 aliphatic carbocycles. The number of likely N-dealkylation sites (N-methyl/N-ethyl adjacent to an activating group) is 1. The van der Waals surface area contributed by atoms with Gasteiger partial charge in [-0.15, -0.1) is 0 Å². The maximum Gasteiger partial charge on any atom is 0.419 e. The Bertz CT molecular complexity index is 949. The molecule has 0 unspecified atom stereocenters. The Balaban J connectivity index is 1.48. The summed E-state index contributed by atoms with van der Waals surface area (Å²) in [5.74, 6) is 0.0316. The number of para-hydroxylation sites is 2. The second-order valence-corrected chi connectivity index (χ2v) is 6.90. The Morgan fingerprint density at radius 1 is 1.31 bits per heavy atom. The van der Waals surface area contributed by atoms with Crippen LogP contribution in [0.5, 0.6) is 0 Å². The minimum Gasteiger partial charge on any atom is -0.408 e. The summed E-state index contributed by atoms with van der Waals surface area (Å²) in [7, 11) is 1.87. The summed E-state index contributed by atoms with van der Waals surface area (Å²) >= 11 is 3.30. The third-order valence-electron chi connectivity index (χ3n) is 3.90. The number of nitrogens with zero attached hydrogens (tertiary/aromatic N) is 3. The standard InChI is InChI=1S/C18H19BrN4O3/c1-22(12-17(24)21-16-8-7-13(19)11-20-16)9-4-10-23-14-5-2-3-6-15(14)26-18(23)25/h2-3,5-8,11H,4,9-10,12H2,1H3,(H,20,21,24).